The second-order valence-electron chi connectivity index (χ2n) is 7.54. The van der Waals surface area contributed by atoms with E-state index in [4.69, 9.17) is 32.7 Å². The highest BCUT2D eigenvalue weighted by Crippen LogP contribution is 2.45. The minimum Gasteiger partial charge on any atom is -0.423 e. The molecule has 0 aliphatic heterocycles. The predicted octanol–water partition coefficient (Wildman–Crippen LogP) is 4.64. The first kappa shape index (κ1) is 21.8. The third-order valence-corrected chi connectivity index (χ3v) is 3.95. The molecule has 0 amide bonds. The lowest BCUT2D eigenvalue weighted by Crippen LogP contribution is -2.27. The number of nitriles is 2. The molecule has 0 aliphatic rings. The summed E-state index contributed by atoms with van der Waals surface area (Å²) >= 11 is 12.3. The monoisotopic (exact) mass is 396 g/mol. The summed E-state index contributed by atoms with van der Waals surface area (Å²) in [5.41, 5.74) is -2.44. The molecule has 0 spiro atoms. The Balaban J connectivity index is 3.64. The van der Waals surface area contributed by atoms with Crippen LogP contribution in [0.5, 0.6) is 11.5 Å². The van der Waals surface area contributed by atoms with Crippen LogP contribution in [-0.4, -0.2) is 11.9 Å². The zero-order valence-corrected chi connectivity index (χ0v) is 16.8. The van der Waals surface area contributed by atoms with Crippen LogP contribution in [0, 0.1) is 33.5 Å². The van der Waals surface area contributed by atoms with Crippen LogP contribution in [0.2, 0.25) is 10.0 Å². The SMILES string of the molecule is CC(C)(C)C(=O)Oc1c(Cl)c(Cl)c(OC(=O)C(C)(C)C)c(C#N)c1C#N. The molecule has 0 fully saturated rings. The van der Waals surface area contributed by atoms with E-state index in [-0.39, 0.29) is 32.7 Å². The smallest absolute Gasteiger partial charge is 0.316 e. The van der Waals surface area contributed by atoms with Crippen molar-refractivity contribution in [2.45, 2.75) is 41.5 Å². The highest BCUT2D eigenvalue weighted by molar-refractivity contribution is 6.44. The number of carbonyl (C=O) groups is 2. The fourth-order valence-electron chi connectivity index (χ4n) is 1.54. The predicted molar refractivity (Wildman–Crippen MR) is 96.1 cm³/mol. The van der Waals surface area contributed by atoms with Gasteiger partial charge in [-0.25, -0.2) is 0 Å². The minimum atomic E-state index is -0.882. The second-order valence-corrected chi connectivity index (χ2v) is 8.29. The van der Waals surface area contributed by atoms with Crippen LogP contribution in [-0.2, 0) is 9.59 Å². The molecule has 0 N–H and O–H groups in total. The Hall–Kier alpha value is -2.28. The minimum absolute atomic E-state index is 0.295. The van der Waals surface area contributed by atoms with Crippen molar-refractivity contribution in [2.24, 2.45) is 10.8 Å². The summed E-state index contributed by atoms with van der Waals surface area (Å²) in [6, 6.07) is 3.52. The standard InChI is InChI=1S/C18H18Cl2N2O4/c1-17(2,3)15(23)25-13-9(7-21)10(8-22)14(12(20)11(13)19)26-16(24)18(4,5)6/h1-6H3. The fraction of sp³-hybridized carbons (Fsp3) is 0.444. The van der Waals surface area contributed by atoms with Crippen molar-refractivity contribution in [1.29, 1.82) is 10.5 Å². The van der Waals surface area contributed by atoms with Crippen LogP contribution in [0.25, 0.3) is 0 Å². The number of ether oxygens (including phenoxy) is 2. The van der Waals surface area contributed by atoms with Gasteiger partial charge in [0.25, 0.3) is 0 Å². The van der Waals surface area contributed by atoms with E-state index in [1.165, 1.54) is 0 Å². The molecular weight excluding hydrogens is 379 g/mol. The third kappa shape index (κ3) is 4.46. The van der Waals surface area contributed by atoms with Crippen molar-refractivity contribution in [3.8, 4) is 23.6 Å². The highest BCUT2D eigenvalue weighted by Gasteiger charge is 2.33. The molecule has 0 bridgehead atoms. The molecule has 0 unspecified atom stereocenters. The summed E-state index contributed by atoms with van der Waals surface area (Å²) in [5, 5.41) is 18.3. The van der Waals surface area contributed by atoms with E-state index in [0.717, 1.165) is 0 Å². The van der Waals surface area contributed by atoms with Crippen molar-refractivity contribution in [3.63, 3.8) is 0 Å². The first-order chi connectivity index (χ1) is 11.8. The lowest BCUT2D eigenvalue weighted by molar-refractivity contribution is -0.144. The van der Waals surface area contributed by atoms with E-state index in [0.29, 0.717) is 0 Å². The number of hydrogen-bond donors (Lipinski definition) is 0. The summed E-state index contributed by atoms with van der Waals surface area (Å²) in [6.07, 6.45) is 0. The van der Waals surface area contributed by atoms with Gasteiger partial charge in [0.05, 0.1) is 10.8 Å². The fourth-order valence-corrected chi connectivity index (χ4v) is 1.98. The summed E-state index contributed by atoms with van der Waals surface area (Å²) in [4.78, 5) is 24.3. The lowest BCUT2D eigenvalue weighted by Gasteiger charge is -2.21. The molecule has 8 heteroatoms. The molecule has 0 aliphatic carbocycles. The Morgan fingerprint density at radius 3 is 1.23 bits per heavy atom. The highest BCUT2D eigenvalue weighted by atomic mass is 35.5. The molecule has 0 heterocycles. The molecule has 0 radical (unpaired) electrons. The van der Waals surface area contributed by atoms with Gasteiger partial charge in [-0.1, -0.05) is 23.2 Å². The first-order valence-electron chi connectivity index (χ1n) is 7.55. The molecule has 1 aromatic carbocycles. The van der Waals surface area contributed by atoms with Gasteiger partial charge in [-0.2, -0.15) is 10.5 Å². The third-order valence-electron chi connectivity index (χ3n) is 3.13. The summed E-state index contributed by atoms with van der Waals surface area (Å²) in [7, 11) is 0. The van der Waals surface area contributed by atoms with Gasteiger partial charge in [-0.3, -0.25) is 9.59 Å². The molecule has 1 aromatic rings. The zero-order chi connectivity index (χ0) is 20.4. The number of rotatable bonds is 2. The largest absolute Gasteiger partial charge is 0.423 e. The Morgan fingerprint density at radius 2 is 1.04 bits per heavy atom. The van der Waals surface area contributed by atoms with Crippen LogP contribution in [0.1, 0.15) is 52.7 Å². The van der Waals surface area contributed by atoms with Gasteiger partial charge in [0.1, 0.15) is 33.3 Å². The summed E-state index contributed by atoms with van der Waals surface area (Å²) < 4.78 is 10.4. The van der Waals surface area contributed by atoms with Gasteiger partial charge >= 0.3 is 11.9 Å². The van der Waals surface area contributed by atoms with Crippen molar-refractivity contribution in [2.75, 3.05) is 0 Å². The number of carbonyl (C=O) groups excluding carboxylic acids is 2. The van der Waals surface area contributed by atoms with Crippen molar-refractivity contribution < 1.29 is 19.1 Å². The van der Waals surface area contributed by atoms with Crippen molar-refractivity contribution in [3.05, 3.63) is 21.2 Å². The van der Waals surface area contributed by atoms with E-state index in [1.807, 2.05) is 0 Å². The van der Waals surface area contributed by atoms with E-state index < -0.39 is 22.8 Å². The van der Waals surface area contributed by atoms with E-state index in [1.54, 1.807) is 53.7 Å². The molecule has 1 rings (SSSR count). The van der Waals surface area contributed by atoms with Gasteiger partial charge in [0, 0.05) is 0 Å². The lowest BCUT2D eigenvalue weighted by atomic mass is 9.97. The number of hydrogen-bond acceptors (Lipinski definition) is 6. The number of benzene rings is 1. The van der Waals surface area contributed by atoms with Crippen molar-refractivity contribution in [1.82, 2.24) is 0 Å². The van der Waals surface area contributed by atoms with Gasteiger partial charge in [-0.15, -0.1) is 0 Å². The normalized spacial score (nSPS) is 11.3. The van der Waals surface area contributed by atoms with Gasteiger partial charge in [-0.05, 0) is 41.5 Å². The first-order valence-corrected chi connectivity index (χ1v) is 8.31. The average Bonchev–Trinajstić information content (AvgIpc) is 2.51. The van der Waals surface area contributed by atoms with Gasteiger partial charge in [0.2, 0.25) is 0 Å². The molecule has 0 aromatic heterocycles. The number of halogens is 2. The maximum Gasteiger partial charge on any atom is 0.316 e. The van der Waals surface area contributed by atoms with Crippen LogP contribution >= 0.6 is 23.2 Å². The number of nitrogens with zero attached hydrogens (tertiary/aromatic N) is 2. The van der Waals surface area contributed by atoms with Gasteiger partial charge in [0.15, 0.2) is 11.5 Å². The van der Waals surface area contributed by atoms with Crippen LogP contribution < -0.4 is 9.47 Å². The van der Waals surface area contributed by atoms with Crippen LogP contribution in [0.3, 0.4) is 0 Å². The molecule has 0 atom stereocenters. The molecule has 138 valence electrons. The zero-order valence-electron chi connectivity index (χ0n) is 15.3. The van der Waals surface area contributed by atoms with E-state index in [9.17, 15) is 20.1 Å². The van der Waals surface area contributed by atoms with Crippen molar-refractivity contribution >= 4 is 35.1 Å². The molecule has 26 heavy (non-hydrogen) atoms. The quantitative estimate of drug-likeness (QED) is 0.532. The molecule has 0 saturated carbocycles. The maximum absolute atomic E-state index is 12.2. The summed E-state index contributed by atoms with van der Waals surface area (Å²) in [6.45, 7) is 9.68. The average molecular weight is 397 g/mol. The number of esters is 2. The Kier molecular flexibility index (Phi) is 6.31. The molecular formula is C18H18Cl2N2O4. The van der Waals surface area contributed by atoms with Crippen LogP contribution in [0.4, 0.5) is 0 Å². The second kappa shape index (κ2) is 7.53. The Bertz CT molecular complexity index is 780. The maximum atomic E-state index is 12.2. The van der Waals surface area contributed by atoms with E-state index >= 15 is 0 Å². The summed E-state index contributed by atoms with van der Waals surface area (Å²) in [5.74, 6) is -2.03. The topological polar surface area (TPSA) is 100 Å². The molecule has 6 nitrogen and oxygen atoms in total. The molecule has 0 saturated heterocycles. The van der Waals surface area contributed by atoms with Crippen LogP contribution in [0.15, 0.2) is 0 Å². The Morgan fingerprint density at radius 1 is 0.769 bits per heavy atom. The Labute approximate surface area is 162 Å². The van der Waals surface area contributed by atoms with E-state index in [2.05, 4.69) is 0 Å². The van der Waals surface area contributed by atoms with Gasteiger partial charge < -0.3 is 9.47 Å².